The van der Waals surface area contributed by atoms with Crippen molar-refractivity contribution in [3.63, 3.8) is 0 Å². The van der Waals surface area contributed by atoms with E-state index in [1.807, 2.05) is 20.8 Å². The molecule has 0 radical (unpaired) electrons. The molecule has 0 aliphatic carbocycles. The molecule has 2 rings (SSSR count). The average Bonchev–Trinajstić information content (AvgIpc) is 2.54. The predicted octanol–water partition coefficient (Wildman–Crippen LogP) is 0.541. The third kappa shape index (κ3) is 3.76. The molecule has 24 heavy (non-hydrogen) atoms. The molecule has 132 valence electrons. The Morgan fingerprint density at radius 1 is 1.33 bits per heavy atom. The summed E-state index contributed by atoms with van der Waals surface area (Å²) in [7, 11) is 1.58. The largest absolute Gasteiger partial charge is 0.392 e. The quantitative estimate of drug-likeness (QED) is 0.735. The van der Waals surface area contributed by atoms with Crippen LogP contribution in [0.25, 0.3) is 0 Å². The van der Waals surface area contributed by atoms with Crippen LogP contribution in [-0.4, -0.2) is 48.0 Å². The number of aryl methyl sites for hydroxylation is 2. The summed E-state index contributed by atoms with van der Waals surface area (Å²) in [6, 6.07) is 1.61. The van der Waals surface area contributed by atoms with Crippen molar-refractivity contribution in [2.24, 2.45) is 0 Å². The number of aliphatic hydroxyl groups excluding tert-OH is 1. The first kappa shape index (κ1) is 18.4. The lowest BCUT2D eigenvalue weighted by Crippen LogP contribution is -2.56. The number of nitrogens with one attached hydrogen (secondary N) is 2. The van der Waals surface area contributed by atoms with Gasteiger partial charge in [0.2, 0.25) is 11.8 Å². The van der Waals surface area contributed by atoms with Crippen LogP contribution in [0, 0.1) is 20.8 Å². The van der Waals surface area contributed by atoms with Gasteiger partial charge in [-0.3, -0.25) is 14.5 Å². The van der Waals surface area contributed by atoms with Crippen LogP contribution < -0.4 is 10.6 Å². The predicted molar refractivity (Wildman–Crippen MR) is 92.5 cm³/mol. The van der Waals surface area contributed by atoms with Crippen LogP contribution in [0.15, 0.2) is 6.07 Å². The molecule has 6 heteroatoms. The Balaban J connectivity index is 2.30. The molecule has 0 aromatic heterocycles. The van der Waals surface area contributed by atoms with Crippen LogP contribution >= 0.6 is 0 Å². The van der Waals surface area contributed by atoms with Gasteiger partial charge < -0.3 is 15.7 Å². The van der Waals surface area contributed by atoms with E-state index in [2.05, 4.69) is 21.6 Å². The monoisotopic (exact) mass is 333 g/mol. The van der Waals surface area contributed by atoms with Gasteiger partial charge in [0.25, 0.3) is 0 Å². The molecule has 0 spiro atoms. The van der Waals surface area contributed by atoms with Crippen LogP contribution in [-0.2, 0) is 22.7 Å². The molecule has 1 saturated heterocycles. The molecule has 6 nitrogen and oxygen atoms in total. The fourth-order valence-electron chi connectivity index (χ4n) is 3.41. The molecule has 0 bridgehead atoms. The van der Waals surface area contributed by atoms with E-state index in [1.54, 1.807) is 7.05 Å². The maximum atomic E-state index is 12.2. The lowest BCUT2D eigenvalue weighted by atomic mass is 9.92. The minimum Gasteiger partial charge on any atom is -0.392 e. The molecular formula is C18H27N3O3. The summed E-state index contributed by atoms with van der Waals surface area (Å²) in [6.07, 6.45) is 0.152. The van der Waals surface area contributed by atoms with Crippen LogP contribution in [0.2, 0.25) is 0 Å². The zero-order valence-corrected chi connectivity index (χ0v) is 14.9. The van der Waals surface area contributed by atoms with E-state index in [4.69, 9.17) is 0 Å². The molecular weight excluding hydrogens is 306 g/mol. The zero-order chi connectivity index (χ0) is 17.9. The summed E-state index contributed by atoms with van der Waals surface area (Å²) in [4.78, 5) is 26.0. The van der Waals surface area contributed by atoms with Crippen molar-refractivity contribution in [3.8, 4) is 0 Å². The summed E-state index contributed by atoms with van der Waals surface area (Å²) in [6.45, 7) is 7.95. The highest BCUT2D eigenvalue weighted by Crippen LogP contribution is 2.25. The minimum absolute atomic E-state index is 0.00705. The molecule has 1 aliphatic rings. The van der Waals surface area contributed by atoms with Gasteiger partial charge in [-0.05, 0) is 48.6 Å². The molecule has 0 saturated carbocycles. The smallest absolute Gasteiger partial charge is 0.237 e. The van der Waals surface area contributed by atoms with Crippen molar-refractivity contribution in [2.75, 3.05) is 20.1 Å². The number of amides is 2. The summed E-state index contributed by atoms with van der Waals surface area (Å²) in [5, 5.41) is 15.1. The topological polar surface area (TPSA) is 81.7 Å². The summed E-state index contributed by atoms with van der Waals surface area (Å²) < 4.78 is 0. The van der Waals surface area contributed by atoms with Crippen LogP contribution in [0.5, 0.6) is 0 Å². The second-order valence-electron chi connectivity index (χ2n) is 6.41. The molecule has 0 unspecified atom stereocenters. The maximum absolute atomic E-state index is 12.2. The van der Waals surface area contributed by atoms with Gasteiger partial charge in [-0.25, -0.2) is 0 Å². The third-order valence-electron chi connectivity index (χ3n) is 4.91. The number of benzene rings is 1. The van der Waals surface area contributed by atoms with Gasteiger partial charge in [0, 0.05) is 26.7 Å². The van der Waals surface area contributed by atoms with E-state index in [1.165, 1.54) is 0 Å². The van der Waals surface area contributed by atoms with Gasteiger partial charge in [0.1, 0.15) is 0 Å². The minimum atomic E-state index is -0.462. The second-order valence-corrected chi connectivity index (χ2v) is 6.41. The highest BCUT2D eigenvalue weighted by atomic mass is 16.3. The Kier molecular flexibility index (Phi) is 5.96. The highest BCUT2D eigenvalue weighted by molar-refractivity contribution is 5.88. The fourth-order valence-corrected chi connectivity index (χ4v) is 3.41. The number of aliphatic hydroxyl groups is 1. The molecule has 1 aromatic carbocycles. The highest BCUT2D eigenvalue weighted by Gasteiger charge is 2.32. The Labute approximate surface area is 143 Å². The van der Waals surface area contributed by atoms with E-state index in [0.717, 1.165) is 27.8 Å². The van der Waals surface area contributed by atoms with Crippen molar-refractivity contribution < 1.29 is 14.7 Å². The molecule has 1 atom stereocenters. The first-order valence-electron chi connectivity index (χ1n) is 8.30. The number of hydrogen-bond donors (Lipinski definition) is 3. The van der Waals surface area contributed by atoms with Crippen molar-refractivity contribution >= 4 is 11.8 Å². The fraction of sp³-hybridized carbons (Fsp3) is 0.556. The SMILES string of the molecule is CNC(=O)C[C@@H]1C(=O)NCCN1Cc1c(C)cc(C)c(CO)c1C. The Bertz CT molecular complexity index is 643. The molecule has 1 heterocycles. The number of nitrogens with zero attached hydrogens (tertiary/aromatic N) is 1. The van der Waals surface area contributed by atoms with Crippen LogP contribution in [0.4, 0.5) is 0 Å². The second kappa shape index (κ2) is 7.77. The van der Waals surface area contributed by atoms with E-state index in [-0.39, 0.29) is 24.8 Å². The number of rotatable bonds is 5. The van der Waals surface area contributed by atoms with Gasteiger partial charge in [0.05, 0.1) is 19.1 Å². The Morgan fingerprint density at radius 3 is 2.62 bits per heavy atom. The molecule has 1 fully saturated rings. The van der Waals surface area contributed by atoms with Gasteiger partial charge >= 0.3 is 0 Å². The molecule has 2 amide bonds. The number of carbonyl (C=O) groups is 2. The van der Waals surface area contributed by atoms with Gasteiger partial charge in [0.15, 0.2) is 0 Å². The summed E-state index contributed by atoms with van der Waals surface area (Å²) in [5.41, 5.74) is 5.36. The average molecular weight is 333 g/mol. The zero-order valence-electron chi connectivity index (χ0n) is 14.9. The van der Waals surface area contributed by atoms with Crippen LogP contribution in [0.3, 0.4) is 0 Å². The summed E-state index contributed by atoms with van der Waals surface area (Å²) >= 11 is 0. The lowest BCUT2D eigenvalue weighted by Gasteiger charge is -2.35. The van der Waals surface area contributed by atoms with Crippen molar-refractivity contribution in [3.05, 3.63) is 33.9 Å². The number of carbonyl (C=O) groups excluding carboxylic acids is 2. The summed E-state index contributed by atoms with van der Waals surface area (Å²) in [5.74, 6) is -0.245. The van der Waals surface area contributed by atoms with Crippen molar-refractivity contribution in [1.82, 2.24) is 15.5 Å². The Hall–Kier alpha value is -1.92. The Morgan fingerprint density at radius 2 is 2.00 bits per heavy atom. The van der Waals surface area contributed by atoms with E-state index in [9.17, 15) is 14.7 Å². The molecule has 1 aromatic rings. The van der Waals surface area contributed by atoms with E-state index in [0.29, 0.717) is 19.6 Å². The van der Waals surface area contributed by atoms with Crippen molar-refractivity contribution in [2.45, 2.75) is 46.4 Å². The van der Waals surface area contributed by atoms with E-state index >= 15 is 0 Å². The first-order chi connectivity index (χ1) is 11.4. The standard InChI is InChI=1S/C18H27N3O3/c1-11-7-12(2)15(10-22)13(3)14(11)9-21-6-5-20-18(24)16(21)8-17(23)19-4/h7,16,22H,5-6,8-10H2,1-4H3,(H,19,23)(H,20,24)/t16-/m1/s1. The normalized spacial score (nSPS) is 18.4. The molecule has 3 N–H and O–H groups in total. The third-order valence-corrected chi connectivity index (χ3v) is 4.91. The lowest BCUT2D eigenvalue weighted by molar-refractivity contribution is -0.134. The van der Waals surface area contributed by atoms with Gasteiger partial charge in [-0.1, -0.05) is 6.07 Å². The van der Waals surface area contributed by atoms with Crippen LogP contribution in [0.1, 0.15) is 34.2 Å². The number of piperazine rings is 1. The van der Waals surface area contributed by atoms with Gasteiger partial charge in [-0.15, -0.1) is 0 Å². The van der Waals surface area contributed by atoms with Crippen molar-refractivity contribution in [1.29, 1.82) is 0 Å². The maximum Gasteiger partial charge on any atom is 0.237 e. The first-order valence-corrected chi connectivity index (χ1v) is 8.30. The van der Waals surface area contributed by atoms with E-state index < -0.39 is 6.04 Å². The molecule has 1 aliphatic heterocycles. The van der Waals surface area contributed by atoms with Gasteiger partial charge in [-0.2, -0.15) is 0 Å². The number of hydrogen-bond acceptors (Lipinski definition) is 4.